The van der Waals surface area contributed by atoms with Gasteiger partial charge < -0.3 is 10.0 Å². The lowest BCUT2D eigenvalue weighted by molar-refractivity contribution is -0.134. The fraction of sp³-hybridized carbons (Fsp3) is 0.500. The zero-order valence-corrected chi connectivity index (χ0v) is 14.5. The van der Waals surface area contributed by atoms with E-state index in [-0.39, 0.29) is 5.75 Å². The quantitative estimate of drug-likeness (QED) is 0.782. The number of aliphatic carboxylic acids is 1. The molecule has 1 N–H and O–H groups in total. The molecule has 1 aliphatic heterocycles. The fourth-order valence-corrected chi connectivity index (χ4v) is 3.73. The molecule has 0 aliphatic carbocycles. The van der Waals surface area contributed by atoms with Crippen LogP contribution in [0.1, 0.15) is 0 Å². The Morgan fingerprint density at radius 2 is 1.73 bits per heavy atom. The lowest BCUT2D eigenvalue weighted by Gasteiger charge is -2.36. The highest BCUT2D eigenvalue weighted by Gasteiger charge is 2.21. The van der Waals surface area contributed by atoms with Crippen LogP contribution in [0.25, 0.3) is 0 Å². The number of benzene rings is 1. The third kappa shape index (κ3) is 5.26. The molecule has 0 saturated carbocycles. The van der Waals surface area contributed by atoms with Gasteiger partial charge in [-0.1, -0.05) is 15.9 Å². The van der Waals surface area contributed by atoms with Crippen LogP contribution < -0.4 is 4.90 Å². The van der Waals surface area contributed by atoms with Crippen LogP contribution >= 0.6 is 15.9 Å². The number of rotatable bonds is 6. The second-order valence-corrected chi connectivity index (χ2v) is 8.39. The highest BCUT2D eigenvalue weighted by molar-refractivity contribution is 9.10. The van der Waals surface area contributed by atoms with Crippen molar-refractivity contribution in [3.63, 3.8) is 0 Å². The summed E-state index contributed by atoms with van der Waals surface area (Å²) >= 11 is 3.41. The molecular weight excluding hydrogens is 372 g/mol. The van der Waals surface area contributed by atoms with E-state index in [0.717, 1.165) is 36.3 Å². The van der Waals surface area contributed by atoms with E-state index in [9.17, 15) is 13.2 Å². The summed E-state index contributed by atoms with van der Waals surface area (Å²) in [6.07, 6.45) is 0. The topological polar surface area (TPSA) is 77.9 Å². The Labute approximate surface area is 138 Å². The SMILES string of the molecule is O=C(O)CS(=O)(=O)CCN1CCN(c2ccc(Br)cc2)CC1. The number of hydrogen-bond donors (Lipinski definition) is 1. The average molecular weight is 391 g/mol. The van der Waals surface area contributed by atoms with Gasteiger partial charge in [0.05, 0.1) is 5.75 Å². The van der Waals surface area contributed by atoms with E-state index < -0.39 is 21.6 Å². The van der Waals surface area contributed by atoms with E-state index in [1.54, 1.807) is 0 Å². The maximum absolute atomic E-state index is 11.6. The molecule has 0 unspecified atom stereocenters. The third-order valence-electron chi connectivity index (χ3n) is 3.63. The molecule has 6 nitrogen and oxygen atoms in total. The van der Waals surface area contributed by atoms with Crippen molar-refractivity contribution in [2.24, 2.45) is 0 Å². The molecule has 1 fully saturated rings. The number of halogens is 1. The molecule has 1 saturated heterocycles. The summed E-state index contributed by atoms with van der Waals surface area (Å²) in [5, 5.41) is 8.56. The maximum Gasteiger partial charge on any atom is 0.318 e. The molecule has 0 aromatic heterocycles. The Hall–Kier alpha value is -1.12. The largest absolute Gasteiger partial charge is 0.480 e. The van der Waals surface area contributed by atoms with Crippen molar-refractivity contribution in [2.45, 2.75) is 0 Å². The predicted octanol–water partition coefficient (Wildman–Crippen LogP) is 1.07. The zero-order chi connectivity index (χ0) is 16.2. The van der Waals surface area contributed by atoms with Crippen molar-refractivity contribution in [1.82, 2.24) is 4.90 Å². The molecule has 8 heteroatoms. The summed E-state index contributed by atoms with van der Waals surface area (Å²) in [6, 6.07) is 8.11. The molecule has 122 valence electrons. The van der Waals surface area contributed by atoms with E-state index >= 15 is 0 Å². The van der Waals surface area contributed by atoms with Gasteiger partial charge in [0.15, 0.2) is 9.84 Å². The van der Waals surface area contributed by atoms with Gasteiger partial charge in [0.25, 0.3) is 0 Å². The maximum atomic E-state index is 11.6. The fourth-order valence-electron chi connectivity index (χ4n) is 2.41. The Bertz CT molecular complexity index is 610. The minimum Gasteiger partial charge on any atom is -0.480 e. The summed E-state index contributed by atoms with van der Waals surface area (Å²) < 4.78 is 24.2. The van der Waals surface area contributed by atoms with E-state index in [2.05, 4.69) is 37.9 Å². The molecule has 0 radical (unpaired) electrons. The van der Waals surface area contributed by atoms with Gasteiger partial charge in [-0.25, -0.2) is 8.42 Å². The van der Waals surface area contributed by atoms with Crippen LogP contribution in [0, 0.1) is 0 Å². The minimum absolute atomic E-state index is 0.0996. The molecular formula is C14H19BrN2O4S. The van der Waals surface area contributed by atoms with Gasteiger partial charge in [0, 0.05) is 42.9 Å². The lowest BCUT2D eigenvalue weighted by Crippen LogP contribution is -2.47. The second-order valence-electron chi connectivity index (χ2n) is 5.29. The van der Waals surface area contributed by atoms with Gasteiger partial charge in [-0.2, -0.15) is 0 Å². The van der Waals surface area contributed by atoms with Crippen molar-refractivity contribution >= 4 is 37.4 Å². The van der Waals surface area contributed by atoms with Crippen LogP contribution in [-0.4, -0.2) is 68.6 Å². The van der Waals surface area contributed by atoms with Gasteiger partial charge in [0.2, 0.25) is 0 Å². The van der Waals surface area contributed by atoms with Gasteiger partial charge in [-0.3, -0.25) is 9.69 Å². The third-order valence-corrected chi connectivity index (χ3v) is 5.65. The number of sulfone groups is 1. The summed E-state index contributed by atoms with van der Waals surface area (Å²) in [7, 11) is -3.51. The summed E-state index contributed by atoms with van der Waals surface area (Å²) in [4.78, 5) is 14.8. The number of carboxylic acid groups (broad SMARTS) is 1. The number of piperazine rings is 1. The van der Waals surface area contributed by atoms with Crippen LogP contribution in [0.3, 0.4) is 0 Å². The molecule has 0 atom stereocenters. The van der Waals surface area contributed by atoms with Gasteiger partial charge in [0.1, 0.15) is 5.75 Å². The number of hydrogen-bond acceptors (Lipinski definition) is 5. The summed E-state index contributed by atoms with van der Waals surface area (Å²) in [6.45, 7) is 3.61. The zero-order valence-electron chi connectivity index (χ0n) is 12.1. The van der Waals surface area contributed by atoms with Gasteiger partial charge in [-0.15, -0.1) is 0 Å². The molecule has 0 bridgehead atoms. The first-order valence-corrected chi connectivity index (χ1v) is 9.62. The van der Waals surface area contributed by atoms with Crippen molar-refractivity contribution < 1.29 is 18.3 Å². The van der Waals surface area contributed by atoms with Crippen LogP contribution in [0.5, 0.6) is 0 Å². The molecule has 22 heavy (non-hydrogen) atoms. The molecule has 1 aliphatic rings. The molecule has 0 amide bonds. The predicted molar refractivity (Wildman–Crippen MR) is 89.1 cm³/mol. The van der Waals surface area contributed by atoms with Crippen LogP contribution in [0.15, 0.2) is 28.7 Å². The van der Waals surface area contributed by atoms with Gasteiger partial charge in [-0.05, 0) is 24.3 Å². The van der Waals surface area contributed by atoms with Crippen molar-refractivity contribution in [3.05, 3.63) is 28.7 Å². The summed E-state index contributed by atoms with van der Waals surface area (Å²) in [5.74, 6) is -2.18. The normalized spacial score (nSPS) is 16.7. The van der Waals surface area contributed by atoms with E-state index in [1.807, 2.05) is 12.1 Å². The lowest BCUT2D eigenvalue weighted by atomic mass is 10.2. The Morgan fingerprint density at radius 1 is 1.14 bits per heavy atom. The van der Waals surface area contributed by atoms with E-state index in [4.69, 9.17) is 5.11 Å². The van der Waals surface area contributed by atoms with Crippen LogP contribution in [-0.2, 0) is 14.6 Å². The van der Waals surface area contributed by atoms with Crippen molar-refractivity contribution in [1.29, 1.82) is 0 Å². The van der Waals surface area contributed by atoms with Crippen LogP contribution in [0.2, 0.25) is 0 Å². The standard InChI is InChI=1S/C14H19BrN2O4S/c15-12-1-3-13(4-2-12)17-7-5-16(6-8-17)9-10-22(20,21)11-14(18)19/h1-4H,5-11H2,(H,18,19). The average Bonchev–Trinajstić information content (AvgIpc) is 2.45. The van der Waals surface area contributed by atoms with E-state index in [0.29, 0.717) is 6.54 Å². The molecule has 1 aromatic rings. The Kier molecular flexibility index (Phi) is 5.82. The first-order chi connectivity index (χ1) is 10.4. The number of nitrogens with zero attached hydrogens (tertiary/aromatic N) is 2. The first-order valence-electron chi connectivity index (χ1n) is 7.01. The van der Waals surface area contributed by atoms with Gasteiger partial charge >= 0.3 is 5.97 Å². The Balaban J connectivity index is 1.80. The minimum atomic E-state index is -3.51. The smallest absolute Gasteiger partial charge is 0.318 e. The van der Waals surface area contributed by atoms with E-state index in [1.165, 1.54) is 0 Å². The van der Waals surface area contributed by atoms with Crippen LogP contribution in [0.4, 0.5) is 5.69 Å². The highest BCUT2D eigenvalue weighted by Crippen LogP contribution is 2.19. The number of carbonyl (C=O) groups is 1. The van der Waals surface area contributed by atoms with Crippen molar-refractivity contribution in [3.8, 4) is 0 Å². The summed E-state index contributed by atoms with van der Waals surface area (Å²) in [5.41, 5.74) is 1.15. The monoisotopic (exact) mass is 390 g/mol. The Morgan fingerprint density at radius 3 is 2.27 bits per heavy atom. The first kappa shape index (κ1) is 17.2. The number of carboxylic acids is 1. The molecule has 1 heterocycles. The molecule has 2 rings (SSSR count). The van der Waals surface area contributed by atoms with Crippen molar-refractivity contribution in [2.75, 3.05) is 49.1 Å². The second kappa shape index (κ2) is 7.43. The molecule has 0 spiro atoms. The molecule has 1 aromatic carbocycles. The highest BCUT2D eigenvalue weighted by atomic mass is 79.9. The number of anilines is 1.